The molecule has 0 aliphatic carbocycles. The van der Waals surface area contributed by atoms with Crippen LogP contribution in [0, 0.1) is 6.92 Å². The van der Waals surface area contributed by atoms with Gasteiger partial charge in [0.25, 0.3) is 0 Å². The first-order chi connectivity index (χ1) is 3.41. The van der Waals surface area contributed by atoms with Gasteiger partial charge < -0.3 is 4.84 Å². The summed E-state index contributed by atoms with van der Waals surface area (Å²) >= 11 is 0. The lowest BCUT2D eigenvalue weighted by molar-refractivity contribution is 0.174. The van der Waals surface area contributed by atoms with Crippen molar-refractivity contribution < 1.29 is 4.84 Å². The highest BCUT2D eigenvalue weighted by Gasteiger charge is 1.66. The van der Waals surface area contributed by atoms with Crippen molar-refractivity contribution in [1.82, 2.24) is 0 Å². The summed E-state index contributed by atoms with van der Waals surface area (Å²) in [6, 6.07) is 0. The molecule has 0 aromatic heterocycles. The van der Waals surface area contributed by atoms with Crippen LogP contribution in [0.1, 0.15) is 13.3 Å². The number of hydrogen-bond acceptors (Lipinski definition) is 2. The third-order valence-corrected chi connectivity index (χ3v) is 0.423. The molecule has 0 aromatic rings. The summed E-state index contributed by atoms with van der Waals surface area (Å²) in [6.45, 7) is 5.83. The largest absolute Gasteiger partial charge is 0.396 e. The zero-order valence-corrected chi connectivity index (χ0v) is 4.55. The van der Waals surface area contributed by atoms with E-state index in [-0.39, 0.29) is 0 Å². The molecule has 0 unspecified atom stereocenters. The van der Waals surface area contributed by atoms with Crippen molar-refractivity contribution in [3.05, 3.63) is 6.92 Å². The molecule has 0 N–H and O–H groups in total. The monoisotopic (exact) mass is 100 g/mol. The minimum atomic E-state index is 0.413. The molecular weight excluding hydrogens is 90.1 g/mol. The summed E-state index contributed by atoms with van der Waals surface area (Å²) in [4.78, 5) is 4.53. The van der Waals surface area contributed by atoms with E-state index in [1.807, 2.05) is 6.92 Å². The molecule has 0 aromatic carbocycles. The number of hydrogen-bond donors (Lipinski definition) is 0. The van der Waals surface area contributed by atoms with E-state index < -0.39 is 0 Å². The molecule has 0 heterocycles. The zero-order chi connectivity index (χ0) is 5.54. The summed E-state index contributed by atoms with van der Waals surface area (Å²) < 4.78 is 0. The molecule has 7 heavy (non-hydrogen) atoms. The molecule has 0 saturated heterocycles. The van der Waals surface area contributed by atoms with Crippen LogP contribution >= 0.6 is 0 Å². The molecule has 1 radical (unpaired) electrons. The Bertz CT molecular complexity index is 52.0. The molecule has 0 spiro atoms. The molecule has 0 bridgehead atoms. The van der Waals surface area contributed by atoms with Gasteiger partial charge in [0.1, 0.15) is 6.61 Å². The predicted molar refractivity (Wildman–Crippen MR) is 30.1 cm³/mol. The molecule has 0 saturated carbocycles. The molecule has 0 aliphatic heterocycles. The van der Waals surface area contributed by atoms with E-state index in [1.165, 1.54) is 0 Å². The Morgan fingerprint density at radius 1 is 1.86 bits per heavy atom. The van der Waals surface area contributed by atoms with Crippen molar-refractivity contribution in [3.8, 4) is 0 Å². The highest BCUT2D eigenvalue weighted by Crippen LogP contribution is 1.72. The second kappa shape index (κ2) is 5.47. The van der Waals surface area contributed by atoms with Gasteiger partial charge in [-0.15, -0.1) is 0 Å². The Kier molecular flexibility index (Phi) is 5.06. The Hall–Kier alpha value is -0.530. The fraction of sp³-hybridized carbons (Fsp3) is 0.600. The quantitative estimate of drug-likeness (QED) is 0.386. The topological polar surface area (TPSA) is 21.6 Å². The normalized spacial score (nSPS) is 10.0. The molecule has 0 rings (SSSR count). The number of nitrogens with zero attached hydrogens (tertiary/aromatic N) is 1. The van der Waals surface area contributed by atoms with Gasteiger partial charge in [0.15, 0.2) is 0 Å². The van der Waals surface area contributed by atoms with Crippen LogP contribution in [0.3, 0.4) is 0 Å². The van der Waals surface area contributed by atoms with E-state index in [2.05, 4.69) is 16.9 Å². The molecule has 0 amide bonds. The lowest BCUT2D eigenvalue weighted by Gasteiger charge is -1.86. The summed E-state index contributed by atoms with van der Waals surface area (Å²) in [5.74, 6) is 0. The first kappa shape index (κ1) is 6.47. The highest BCUT2D eigenvalue weighted by atomic mass is 16.6. The van der Waals surface area contributed by atoms with Gasteiger partial charge in [0.2, 0.25) is 0 Å². The fourth-order valence-electron chi connectivity index (χ4n) is 0.180. The van der Waals surface area contributed by atoms with E-state index in [9.17, 15) is 0 Å². The zero-order valence-electron chi connectivity index (χ0n) is 4.55. The molecule has 0 aliphatic rings. The maximum Gasteiger partial charge on any atom is 0.117 e. The minimum absolute atomic E-state index is 0.413. The average molecular weight is 100 g/mol. The maximum atomic E-state index is 4.53. The van der Waals surface area contributed by atoms with Crippen molar-refractivity contribution in [2.24, 2.45) is 5.16 Å². The van der Waals surface area contributed by atoms with Crippen LogP contribution in [0.5, 0.6) is 0 Å². The first-order valence-corrected chi connectivity index (χ1v) is 2.34. The van der Waals surface area contributed by atoms with Crippen LogP contribution in [0.15, 0.2) is 5.16 Å². The van der Waals surface area contributed by atoms with Gasteiger partial charge in [-0.3, -0.25) is 0 Å². The smallest absolute Gasteiger partial charge is 0.117 e. The van der Waals surface area contributed by atoms with Crippen molar-refractivity contribution in [3.63, 3.8) is 0 Å². The van der Waals surface area contributed by atoms with Crippen LogP contribution in [-0.2, 0) is 4.84 Å². The van der Waals surface area contributed by atoms with Crippen molar-refractivity contribution >= 4 is 6.21 Å². The highest BCUT2D eigenvalue weighted by molar-refractivity contribution is 5.55. The van der Waals surface area contributed by atoms with E-state index in [0.717, 1.165) is 6.42 Å². The van der Waals surface area contributed by atoms with E-state index >= 15 is 0 Å². The van der Waals surface area contributed by atoms with Crippen molar-refractivity contribution in [2.45, 2.75) is 13.3 Å². The third kappa shape index (κ3) is 5.47. The van der Waals surface area contributed by atoms with Crippen molar-refractivity contribution in [1.29, 1.82) is 0 Å². The fourth-order valence-corrected chi connectivity index (χ4v) is 0.180. The molecule has 41 valence electrons. The first-order valence-electron chi connectivity index (χ1n) is 2.34. The standard InChI is InChI=1S/C5H10NO/c1-3-5-6-7-4-2/h5H,2-4H2,1H3. The predicted octanol–water partition coefficient (Wildman–Crippen LogP) is 1.23. The summed E-state index contributed by atoms with van der Waals surface area (Å²) in [7, 11) is 0. The second-order valence-corrected chi connectivity index (χ2v) is 1.03. The lowest BCUT2D eigenvalue weighted by atomic mass is 10.6. The van der Waals surface area contributed by atoms with E-state index in [4.69, 9.17) is 0 Å². The van der Waals surface area contributed by atoms with Crippen molar-refractivity contribution in [2.75, 3.05) is 6.61 Å². The van der Waals surface area contributed by atoms with Gasteiger partial charge in [-0.25, -0.2) is 0 Å². The summed E-state index contributed by atoms with van der Waals surface area (Å²) in [5, 5.41) is 3.52. The minimum Gasteiger partial charge on any atom is -0.396 e. The second-order valence-electron chi connectivity index (χ2n) is 1.03. The summed E-state index contributed by atoms with van der Waals surface area (Å²) in [6.07, 6.45) is 2.62. The Balaban J connectivity index is 2.78. The van der Waals surface area contributed by atoms with Crippen LogP contribution in [0.4, 0.5) is 0 Å². The van der Waals surface area contributed by atoms with Gasteiger partial charge in [0, 0.05) is 6.21 Å². The lowest BCUT2D eigenvalue weighted by Crippen LogP contribution is -1.78. The van der Waals surface area contributed by atoms with Gasteiger partial charge in [0.05, 0.1) is 0 Å². The van der Waals surface area contributed by atoms with Crippen LogP contribution in [0.25, 0.3) is 0 Å². The number of rotatable bonds is 3. The van der Waals surface area contributed by atoms with Crippen LogP contribution in [0.2, 0.25) is 0 Å². The Morgan fingerprint density at radius 3 is 3.00 bits per heavy atom. The van der Waals surface area contributed by atoms with Gasteiger partial charge in [-0.2, -0.15) is 0 Å². The van der Waals surface area contributed by atoms with E-state index in [0.29, 0.717) is 6.61 Å². The van der Waals surface area contributed by atoms with Gasteiger partial charge in [-0.1, -0.05) is 12.1 Å². The Morgan fingerprint density at radius 2 is 2.57 bits per heavy atom. The van der Waals surface area contributed by atoms with E-state index in [1.54, 1.807) is 6.21 Å². The van der Waals surface area contributed by atoms with Gasteiger partial charge >= 0.3 is 0 Å². The van der Waals surface area contributed by atoms with Crippen LogP contribution in [-0.4, -0.2) is 12.8 Å². The SMILES string of the molecule is [CH2]CON=CCC. The van der Waals surface area contributed by atoms with Crippen LogP contribution < -0.4 is 0 Å². The molecule has 0 atom stereocenters. The molecular formula is C5H10NO. The third-order valence-electron chi connectivity index (χ3n) is 0.423. The van der Waals surface area contributed by atoms with Gasteiger partial charge in [-0.05, 0) is 13.3 Å². The number of oxime groups is 1. The maximum absolute atomic E-state index is 4.53. The molecule has 0 fully saturated rings. The average Bonchev–Trinajstić information content (AvgIpc) is 1.69. The Labute approximate surface area is 44.2 Å². The summed E-state index contributed by atoms with van der Waals surface area (Å²) in [5.41, 5.74) is 0. The molecule has 2 heteroatoms. The molecule has 2 nitrogen and oxygen atoms in total.